The summed E-state index contributed by atoms with van der Waals surface area (Å²) in [6, 6.07) is -1.67. The first kappa shape index (κ1) is 15.5. The number of rotatable bonds is 4. The van der Waals surface area contributed by atoms with Gasteiger partial charge in [-0.3, -0.25) is 4.79 Å². The van der Waals surface area contributed by atoms with Gasteiger partial charge in [-0.15, -0.1) is 0 Å². The molecule has 0 bridgehead atoms. The maximum atomic E-state index is 12.1. The van der Waals surface area contributed by atoms with Crippen LogP contribution in [0.4, 0.5) is 4.79 Å². The Morgan fingerprint density at radius 2 is 1.41 bits per heavy atom. The number of amides is 2. The monoisotopic (exact) mass is 248 g/mol. The molecule has 98 valence electrons. The maximum absolute atomic E-state index is 12.1. The topological polar surface area (TPSA) is 91.7 Å². The molecule has 0 spiro atoms. The third-order valence-electron chi connectivity index (χ3n) is 2.50. The molecule has 0 fully saturated rings. The van der Waals surface area contributed by atoms with Crippen LogP contribution in [0, 0.1) is 0 Å². The van der Waals surface area contributed by atoms with Crippen molar-refractivity contribution in [3.05, 3.63) is 0 Å². The molecule has 0 rings (SSSR count). The number of urea groups is 1. The molecular formula is C10H20N2O5+2. The smallest absolute Gasteiger partial charge is 0.481 e. The summed E-state index contributed by atoms with van der Waals surface area (Å²) in [6.07, 6.45) is -0.589. The fraction of sp³-hybridized carbons (Fsp3) is 0.700. The zero-order chi connectivity index (χ0) is 14.0. The number of carbonyl (C=O) groups is 3. The Balaban J connectivity index is 5.29. The van der Waals surface area contributed by atoms with Crippen LogP contribution in [0.1, 0.15) is 6.42 Å². The maximum Gasteiger partial charge on any atom is 0.513 e. The lowest BCUT2D eigenvalue weighted by atomic mass is 10.1. The van der Waals surface area contributed by atoms with E-state index in [1.165, 1.54) is 14.1 Å². The summed E-state index contributed by atoms with van der Waals surface area (Å²) >= 11 is 0. The lowest BCUT2D eigenvalue weighted by Gasteiger charge is -2.34. The second-order valence-electron chi connectivity index (χ2n) is 5.29. The fourth-order valence-corrected chi connectivity index (χ4v) is 1.66. The van der Waals surface area contributed by atoms with Crippen molar-refractivity contribution in [1.82, 2.24) is 0 Å². The largest absolute Gasteiger partial charge is 0.513 e. The van der Waals surface area contributed by atoms with Crippen molar-refractivity contribution in [3.63, 3.8) is 0 Å². The van der Waals surface area contributed by atoms with Crippen LogP contribution in [0.3, 0.4) is 0 Å². The molecule has 0 aliphatic heterocycles. The summed E-state index contributed by atoms with van der Waals surface area (Å²) in [6.45, 7) is 0. The standard InChI is InChI=1S/C10H18N2O5/c1-11(2,3)10(17)12(4,5)7(9(15)16)6-8(13)14/h7H,6H2,1-5H3/p+2. The Morgan fingerprint density at radius 3 is 1.65 bits per heavy atom. The Kier molecular flexibility index (Phi) is 4.39. The average molecular weight is 248 g/mol. The van der Waals surface area contributed by atoms with E-state index < -0.39 is 28.9 Å². The van der Waals surface area contributed by atoms with Gasteiger partial charge in [-0.05, 0) is 0 Å². The van der Waals surface area contributed by atoms with Crippen LogP contribution >= 0.6 is 0 Å². The first-order chi connectivity index (χ1) is 7.40. The number of nitrogens with zero attached hydrogens (tertiary/aromatic N) is 2. The highest BCUT2D eigenvalue weighted by Crippen LogP contribution is 2.17. The van der Waals surface area contributed by atoms with E-state index in [9.17, 15) is 14.4 Å². The van der Waals surface area contributed by atoms with Crippen LogP contribution in [0.5, 0.6) is 0 Å². The molecular weight excluding hydrogens is 228 g/mol. The molecule has 0 aromatic rings. The van der Waals surface area contributed by atoms with E-state index in [0.717, 1.165) is 0 Å². The van der Waals surface area contributed by atoms with Gasteiger partial charge in [0.1, 0.15) is 6.42 Å². The van der Waals surface area contributed by atoms with E-state index in [-0.39, 0.29) is 10.5 Å². The normalized spacial score (nSPS) is 14.2. The number of aliphatic carboxylic acids is 2. The summed E-state index contributed by atoms with van der Waals surface area (Å²) in [4.78, 5) is 33.8. The number of likely N-dealkylation sites (N-methyl/N-ethyl adjacent to an activating group) is 1. The minimum absolute atomic E-state index is 0.0730. The highest BCUT2D eigenvalue weighted by Gasteiger charge is 2.49. The predicted molar refractivity (Wildman–Crippen MR) is 59.2 cm³/mol. The summed E-state index contributed by atoms with van der Waals surface area (Å²) in [7, 11) is 7.66. The fourth-order valence-electron chi connectivity index (χ4n) is 1.66. The number of hydrogen-bond acceptors (Lipinski definition) is 3. The van der Waals surface area contributed by atoms with Crippen molar-refractivity contribution < 1.29 is 33.6 Å². The van der Waals surface area contributed by atoms with E-state index in [2.05, 4.69) is 0 Å². The molecule has 17 heavy (non-hydrogen) atoms. The Hall–Kier alpha value is -1.47. The number of quaternary nitrogens is 2. The molecule has 0 aliphatic carbocycles. The van der Waals surface area contributed by atoms with Gasteiger partial charge < -0.3 is 10.2 Å². The van der Waals surface area contributed by atoms with Gasteiger partial charge in [0.05, 0.1) is 35.2 Å². The summed E-state index contributed by atoms with van der Waals surface area (Å²) < 4.78 is -0.582. The molecule has 0 saturated carbocycles. The zero-order valence-electron chi connectivity index (χ0n) is 10.8. The molecule has 7 nitrogen and oxygen atoms in total. The van der Waals surface area contributed by atoms with Crippen LogP contribution in [0.25, 0.3) is 0 Å². The van der Waals surface area contributed by atoms with Gasteiger partial charge in [-0.25, -0.2) is 9.28 Å². The molecule has 0 aromatic carbocycles. The lowest BCUT2D eigenvalue weighted by molar-refractivity contribution is -0.936. The van der Waals surface area contributed by atoms with Crippen LogP contribution < -0.4 is 0 Å². The van der Waals surface area contributed by atoms with Crippen molar-refractivity contribution in [3.8, 4) is 0 Å². The van der Waals surface area contributed by atoms with E-state index in [4.69, 9.17) is 10.2 Å². The summed E-state index contributed by atoms with van der Waals surface area (Å²) in [5.74, 6) is -2.53. The van der Waals surface area contributed by atoms with E-state index in [0.29, 0.717) is 0 Å². The van der Waals surface area contributed by atoms with Crippen LogP contribution in [0.2, 0.25) is 0 Å². The predicted octanol–water partition coefficient (Wildman–Crippen LogP) is -0.183. The van der Waals surface area contributed by atoms with Crippen LogP contribution in [-0.2, 0) is 9.59 Å². The molecule has 0 heterocycles. The van der Waals surface area contributed by atoms with E-state index in [1.54, 1.807) is 21.1 Å². The zero-order valence-corrected chi connectivity index (χ0v) is 10.8. The minimum atomic E-state index is -1.29. The van der Waals surface area contributed by atoms with Gasteiger partial charge in [0.25, 0.3) is 0 Å². The number of carboxylic acid groups (broad SMARTS) is 2. The van der Waals surface area contributed by atoms with Gasteiger partial charge in [0.2, 0.25) is 6.04 Å². The molecule has 0 radical (unpaired) electrons. The van der Waals surface area contributed by atoms with Gasteiger partial charge in [-0.1, -0.05) is 0 Å². The van der Waals surface area contributed by atoms with Gasteiger partial charge in [0.15, 0.2) is 0 Å². The second-order valence-corrected chi connectivity index (χ2v) is 5.29. The quantitative estimate of drug-likeness (QED) is 0.673. The van der Waals surface area contributed by atoms with Gasteiger partial charge in [0, 0.05) is 0 Å². The first-order valence-electron chi connectivity index (χ1n) is 5.05. The molecule has 2 amide bonds. The number of carboxylic acids is 2. The molecule has 2 N–H and O–H groups in total. The SMILES string of the molecule is C[N+](C)(C)C(=O)[N+](C)(C)C(CC(=O)O)C(=O)O. The average Bonchev–Trinajstić information content (AvgIpc) is 2.10. The Labute approximate surface area is 100 Å². The molecule has 0 saturated heterocycles. The first-order valence-corrected chi connectivity index (χ1v) is 5.05. The third-order valence-corrected chi connectivity index (χ3v) is 2.50. The highest BCUT2D eigenvalue weighted by molar-refractivity contribution is 5.81. The Bertz CT molecular complexity index is 343. The van der Waals surface area contributed by atoms with Crippen molar-refractivity contribution >= 4 is 18.0 Å². The Morgan fingerprint density at radius 1 is 1.00 bits per heavy atom. The molecule has 7 heteroatoms. The van der Waals surface area contributed by atoms with Crippen LogP contribution in [0.15, 0.2) is 0 Å². The number of carbonyl (C=O) groups excluding carboxylic acids is 1. The number of hydrogen-bond donors (Lipinski definition) is 2. The minimum Gasteiger partial charge on any atom is -0.481 e. The highest BCUT2D eigenvalue weighted by atomic mass is 16.4. The van der Waals surface area contributed by atoms with E-state index in [1.807, 2.05) is 0 Å². The third kappa shape index (κ3) is 3.79. The molecule has 0 aliphatic rings. The van der Waals surface area contributed by atoms with Crippen molar-refractivity contribution in [2.75, 3.05) is 35.2 Å². The van der Waals surface area contributed by atoms with E-state index >= 15 is 0 Å². The molecule has 0 aromatic heterocycles. The molecule has 1 atom stereocenters. The van der Waals surface area contributed by atoms with Gasteiger partial charge >= 0.3 is 18.0 Å². The summed E-state index contributed by atoms with van der Waals surface area (Å²) in [5.41, 5.74) is 0. The second kappa shape index (κ2) is 4.80. The molecule has 1 unspecified atom stereocenters. The van der Waals surface area contributed by atoms with Gasteiger partial charge in [-0.2, -0.15) is 9.28 Å². The van der Waals surface area contributed by atoms with Crippen LogP contribution in [-0.4, -0.2) is 78.4 Å². The summed E-state index contributed by atoms with van der Waals surface area (Å²) in [5, 5.41) is 17.7. The van der Waals surface area contributed by atoms with Crippen molar-refractivity contribution in [2.24, 2.45) is 0 Å². The van der Waals surface area contributed by atoms with Crippen molar-refractivity contribution in [1.29, 1.82) is 0 Å². The lowest BCUT2D eigenvalue weighted by Crippen LogP contribution is -2.64. The van der Waals surface area contributed by atoms with Crippen molar-refractivity contribution in [2.45, 2.75) is 12.5 Å².